The summed E-state index contributed by atoms with van der Waals surface area (Å²) >= 11 is 4.65. The van der Waals surface area contributed by atoms with E-state index in [4.69, 9.17) is 20.3 Å². The maximum Gasteiger partial charge on any atom is 0.330 e. The van der Waals surface area contributed by atoms with Crippen LogP contribution in [0.5, 0.6) is 0 Å². The average molecular weight is 332 g/mol. The third kappa shape index (κ3) is 3.03. The van der Waals surface area contributed by atoms with E-state index in [0.717, 1.165) is 10.8 Å². The van der Waals surface area contributed by atoms with Crippen LogP contribution in [0.15, 0.2) is 15.8 Å². The van der Waals surface area contributed by atoms with E-state index in [1.165, 1.54) is 7.11 Å². The van der Waals surface area contributed by atoms with E-state index >= 15 is 0 Å². The highest BCUT2D eigenvalue weighted by atomic mass is 32.1. The molecule has 0 saturated carbocycles. The van der Waals surface area contributed by atoms with Gasteiger partial charge in [0.1, 0.15) is 24.0 Å². The largest absolute Gasteiger partial charge is 0.394 e. The number of hydrogen-bond donors (Lipinski definition) is 5. The lowest BCUT2D eigenvalue weighted by Crippen LogP contribution is -2.40. The number of methoxy groups -OCH3 is 1. The van der Waals surface area contributed by atoms with Crippen molar-refractivity contribution in [2.24, 2.45) is 5.73 Å². The molecule has 0 aliphatic carbocycles. The summed E-state index contributed by atoms with van der Waals surface area (Å²) in [5, 5.41) is 21.4. The maximum absolute atomic E-state index is 12.0. The van der Waals surface area contributed by atoms with E-state index < -0.39 is 42.4 Å². The molecule has 2 heterocycles. The molecule has 1 aromatic rings. The van der Waals surface area contributed by atoms with Crippen LogP contribution >= 0.6 is 12.2 Å². The number of nitrogens with one attached hydrogen (secondary N) is 2. The van der Waals surface area contributed by atoms with Crippen LogP contribution in [0.1, 0.15) is 6.23 Å². The number of thiocarbonyl (C=S) groups is 1. The molecule has 0 amide bonds. The normalized spacial score (nSPS) is 27.8. The molecular formula is C11H16N4O6S. The predicted molar refractivity (Wildman–Crippen MR) is 79.5 cm³/mol. The first-order chi connectivity index (χ1) is 10.4. The van der Waals surface area contributed by atoms with Gasteiger partial charge < -0.3 is 30.7 Å². The van der Waals surface area contributed by atoms with E-state index in [1.54, 1.807) is 0 Å². The van der Waals surface area contributed by atoms with Crippen LogP contribution in [0.3, 0.4) is 0 Å². The van der Waals surface area contributed by atoms with Crippen LogP contribution in [0.2, 0.25) is 0 Å². The minimum absolute atomic E-state index is 0.0625. The van der Waals surface area contributed by atoms with Crippen LogP contribution in [-0.4, -0.2) is 56.9 Å². The molecule has 0 spiro atoms. The van der Waals surface area contributed by atoms with Gasteiger partial charge in [0, 0.05) is 13.3 Å². The molecule has 122 valence electrons. The Bertz CT molecular complexity index is 673. The summed E-state index contributed by atoms with van der Waals surface area (Å²) in [5.41, 5.74) is 3.77. The van der Waals surface area contributed by atoms with Crippen LogP contribution in [0, 0.1) is 0 Å². The molecule has 1 aliphatic heterocycles. The van der Waals surface area contributed by atoms with Gasteiger partial charge in [-0.15, -0.1) is 0 Å². The van der Waals surface area contributed by atoms with Gasteiger partial charge in [0.15, 0.2) is 11.3 Å². The molecule has 0 unspecified atom stereocenters. The molecule has 0 aromatic carbocycles. The second-order valence-electron chi connectivity index (χ2n) is 4.64. The van der Waals surface area contributed by atoms with Gasteiger partial charge in [-0.3, -0.25) is 14.3 Å². The molecule has 1 aromatic heterocycles. The number of aliphatic hydroxyl groups excluding tert-OH is 2. The van der Waals surface area contributed by atoms with Crippen molar-refractivity contribution in [3.63, 3.8) is 0 Å². The van der Waals surface area contributed by atoms with Gasteiger partial charge in [-0.25, -0.2) is 4.79 Å². The van der Waals surface area contributed by atoms with Crippen molar-refractivity contribution in [1.29, 1.82) is 0 Å². The van der Waals surface area contributed by atoms with Gasteiger partial charge in [0.2, 0.25) is 0 Å². The summed E-state index contributed by atoms with van der Waals surface area (Å²) in [7, 11) is 1.33. The number of aliphatic hydroxyl groups is 2. The molecule has 10 nitrogen and oxygen atoms in total. The first-order valence-electron chi connectivity index (χ1n) is 6.28. The molecule has 0 radical (unpaired) electrons. The number of hydrogen-bond acceptors (Lipinski definition) is 7. The van der Waals surface area contributed by atoms with E-state index in [-0.39, 0.29) is 10.8 Å². The molecule has 22 heavy (non-hydrogen) atoms. The Hall–Kier alpha value is -1.79. The van der Waals surface area contributed by atoms with Gasteiger partial charge in [-0.2, -0.15) is 0 Å². The smallest absolute Gasteiger partial charge is 0.330 e. The fourth-order valence-electron chi connectivity index (χ4n) is 2.24. The second-order valence-corrected chi connectivity index (χ2v) is 5.08. The number of aromatic nitrogens is 2. The number of nitrogens with zero attached hydrogens (tertiary/aromatic N) is 1. The van der Waals surface area contributed by atoms with Gasteiger partial charge in [-0.05, 0) is 12.2 Å². The zero-order valence-electron chi connectivity index (χ0n) is 11.6. The summed E-state index contributed by atoms with van der Waals surface area (Å²) < 4.78 is 11.6. The lowest BCUT2D eigenvalue weighted by molar-refractivity contribution is -0.0624. The highest BCUT2D eigenvalue weighted by Crippen LogP contribution is 2.30. The number of anilines is 1. The van der Waals surface area contributed by atoms with Crippen molar-refractivity contribution in [1.82, 2.24) is 9.55 Å². The topological polar surface area (TPSA) is 152 Å². The molecule has 1 aliphatic rings. The Balaban J connectivity index is 2.45. The fourth-order valence-corrected chi connectivity index (χ4v) is 2.35. The number of aromatic amines is 1. The van der Waals surface area contributed by atoms with E-state index in [1.807, 2.05) is 0 Å². The monoisotopic (exact) mass is 332 g/mol. The van der Waals surface area contributed by atoms with Crippen LogP contribution in [-0.2, 0) is 9.47 Å². The van der Waals surface area contributed by atoms with Crippen molar-refractivity contribution in [2.75, 3.05) is 19.0 Å². The Labute approximate surface area is 129 Å². The Morgan fingerprint density at radius 1 is 1.64 bits per heavy atom. The summed E-state index contributed by atoms with van der Waals surface area (Å²) in [4.78, 5) is 25.7. The maximum atomic E-state index is 12.0. The number of ether oxygens (including phenoxy) is 2. The molecule has 6 N–H and O–H groups in total. The van der Waals surface area contributed by atoms with Gasteiger partial charge >= 0.3 is 5.69 Å². The molecule has 4 atom stereocenters. The van der Waals surface area contributed by atoms with Crippen molar-refractivity contribution in [2.45, 2.75) is 24.5 Å². The lowest BCUT2D eigenvalue weighted by Gasteiger charge is -2.20. The first kappa shape index (κ1) is 16.6. The molecular weight excluding hydrogens is 316 g/mol. The average Bonchev–Trinajstić information content (AvgIpc) is 2.77. The van der Waals surface area contributed by atoms with Gasteiger partial charge in [0.05, 0.1) is 6.61 Å². The minimum atomic E-state index is -1.13. The van der Waals surface area contributed by atoms with Crippen molar-refractivity contribution >= 4 is 23.0 Å². The summed E-state index contributed by atoms with van der Waals surface area (Å²) in [6.07, 6.45) is -2.83. The predicted octanol–water partition coefficient (Wildman–Crippen LogP) is -2.54. The SMILES string of the molecule is CO[C@@H]1[C@@H](O)[C@@H](CO)O[C@H]1n1cc(NC(N)=S)c(=O)[nH]c1=O. The zero-order valence-corrected chi connectivity index (χ0v) is 12.4. The molecule has 1 fully saturated rings. The summed E-state index contributed by atoms with van der Waals surface area (Å²) in [6, 6.07) is 0. The highest BCUT2D eigenvalue weighted by molar-refractivity contribution is 7.80. The standard InChI is InChI=1S/C11H16N4O6S/c1-20-7-6(17)5(3-16)21-9(7)15-2-4(13-10(12)22)8(18)14-11(15)19/h2,5-7,9,16-17H,3H2,1H3,(H3,12,13,22)(H,14,18,19)/t5-,6+,7-,9-/m1/s1. The Morgan fingerprint density at radius 2 is 2.32 bits per heavy atom. The van der Waals surface area contributed by atoms with E-state index in [2.05, 4.69) is 22.5 Å². The second kappa shape index (κ2) is 6.54. The lowest BCUT2D eigenvalue weighted by atomic mass is 10.1. The Morgan fingerprint density at radius 3 is 2.86 bits per heavy atom. The summed E-state index contributed by atoms with van der Waals surface area (Å²) in [5.74, 6) is 0. The molecule has 1 saturated heterocycles. The zero-order chi connectivity index (χ0) is 16.4. The fraction of sp³-hybridized carbons (Fsp3) is 0.545. The quantitative estimate of drug-likeness (QED) is 0.375. The van der Waals surface area contributed by atoms with E-state index in [9.17, 15) is 14.7 Å². The van der Waals surface area contributed by atoms with Crippen molar-refractivity contribution < 1.29 is 19.7 Å². The van der Waals surface area contributed by atoms with Gasteiger partial charge in [-0.1, -0.05) is 0 Å². The van der Waals surface area contributed by atoms with Crippen LogP contribution in [0.4, 0.5) is 5.69 Å². The molecule has 2 rings (SSSR count). The van der Waals surface area contributed by atoms with E-state index in [0.29, 0.717) is 0 Å². The minimum Gasteiger partial charge on any atom is -0.394 e. The number of rotatable bonds is 4. The summed E-state index contributed by atoms with van der Waals surface area (Å²) in [6.45, 7) is -0.451. The third-order valence-electron chi connectivity index (χ3n) is 3.26. The molecule has 0 bridgehead atoms. The van der Waals surface area contributed by atoms with Crippen LogP contribution < -0.4 is 22.3 Å². The van der Waals surface area contributed by atoms with Crippen molar-refractivity contribution in [3.05, 3.63) is 27.0 Å². The highest BCUT2D eigenvalue weighted by Gasteiger charge is 2.45. The number of nitrogens with two attached hydrogens (primary N) is 1. The molecule has 11 heteroatoms. The Kier molecular flexibility index (Phi) is 4.93. The van der Waals surface area contributed by atoms with Crippen molar-refractivity contribution in [3.8, 4) is 0 Å². The van der Waals surface area contributed by atoms with Crippen LogP contribution in [0.25, 0.3) is 0 Å². The number of H-pyrrole nitrogens is 1. The van der Waals surface area contributed by atoms with Gasteiger partial charge in [0.25, 0.3) is 5.56 Å². The first-order valence-corrected chi connectivity index (χ1v) is 6.69. The third-order valence-corrected chi connectivity index (χ3v) is 3.37.